The lowest BCUT2D eigenvalue weighted by molar-refractivity contribution is -0.177. The van der Waals surface area contributed by atoms with Crippen LogP contribution in [0.5, 0.6) is 0 Å². The highest BCUT2D eigenvalue weighted by Gasteiger charge is 2.39. The minimum atomic E-state index is -1.33. The van der Waals surface area contributed by atoms with Crippen molar-refractivity contribution in [3.8, 4) is 0 Å². The molecule has 0 aliphatic rings. The number of carbonyl (C=O) groups is 2. The minimum absolute atomic E-state index is 0.0238. The maximum absolute atomic E-state index is 11.8. The predicted molar refractivity (Wildman–Crippen MR) is 85.2 cm³/mol. The fourth-order valence-corrected chi connectivity index (χ4v) is 2.45. The van der Waals surface area contributed by atoms with Crippen LogP contribution in [0.3, 0.4) is 0 Å². The average molecular weight is 366 g/mol. The molecule has 0 aromatic carbocycles. The molecule has 2 aromatic rings. The van der Waals surface area contributed by atoms with Crippen molar-refractivity contribution in [2.24, 2.45) is 0 Å². The van der Waals surface area contributed by atoms with Crippen LogP contribution in [0, 0.1) is 0 Å². The van der Waals surface area contributed by atoms with Crippen molar-refractivity contribution in [1.82, 2.24) is 40.8 Å². The Morgan fingerprint density at radius 2 is 2.19 bits per heavy atom. The first kappa shape index (κ1) is 19.4. The van der Waals surface area contributed by atoms with Gasteiger partial charge in [0.25, 0.3) is 0 Å². The lowest BCUT2D eigenvalue weighted by Gasteiger charge is -2.31. The van der Waals surface area contributed by atoms with Crippen LogP contribution in [0.2, 0.25) is 0 Å². The molecule has 0 fully saturated rings. The van der Waals surface area contributed by atoms with Gasteiger partial charge in [-0.3, -0.25) is 9.59 Å². The van der Waals surface area contributed by atoms with E-state index in [4.69, 9.17) is 9.47 Å². The second kappa shape index (κ2) is 9.53. The molecule has 0 aliphatic carbocycles. The summed E-state index contributed by atoms with van der Waals surface area (Å²) in [5.41, 5.74) is -1.33. The lowest BCUT2D eigenvalue weighted by Crippen LogP contribution is -2.42. The third-order valence-electron chi connectivity index (χ3n) is 3.66. The van der Waals surface area contributed by atoms with Crippen LogP contribution in [0.25, 0.3) is 0 Å². The standard InChI is InChI=1S/C14H22N8O4/c1-3-4-5-6-13(24)25-8-7-14(26-11(2)23,22-10-15-18-21-22)9-12-16-19-20-17-12/h10H,3-9H2,1-2H3,(H,16,17,19,20). The van der Waals surface area contributed by atoms with E-state index in [0.717, 1.165) is 19.3 Å². The Morgan fingerprint density at radius 1 is 1.35 bits per heavy atom. The Labute approximate surface area is 149 Å². The first-order valence-corrected chi connectivity index (χ1v) is 8.37. The Morgan fingerprint density at radius 3 is 2.81 bits per heavy atom. The molecule has 2 rings (SSSR count). The number of hydrogen-bond donors (Lipinski definition) is 1. The van der Waals surface area contributed by atoms with Crippen molar-refractivity contribution in [3.63, 3.8) is 0 Å². The molecular weight excluding hydrogens is 344 g/mol. The number of H-pyrrole nitrogens is 1. The van der Waals surface area contributed by atoms with E-state index in [9.17, 15) is 9.59 Å². The van der Waals surface area contributed by atoms with E-state index in [0.29, 0.717) is 12.2 Å². The van der Waals surface area contributed by atoms with Gasteiger partial charge in [0.2, 0.25) is 5.72 Å². The summed E-state index contributed by atoms with van der Waals surface area (Å²) in [6.45, 7) is 3.35. The molecule has 2 aromatic heterocycles. The monoisotopic (exact) mass is 366 g/mol. The SMILES string of the molecule is CCCCCC(=O)OCCC(Cc1nn[nH]n1)(OC(C)=O)n1cnnn1. The molecule has 0 spiro atoms. The zero-order valence-corrected chi connectivity index (χ0v) is 14.8. The van der Waals surface area contributed by atoms with Crippen molar-refractivity contribution < 1.29 is 19.1 Å². The van der Waals surface area contributed by atoms with E-state index in [1.807, 2.05) is 0 Å². The summed E-state index contributed by atoms with van der Waals surface area (Å²) in [4.78, 5) is 23.5. The Kier molecular flexibility index (Phi) is 7.12. The molecule has 0 bridgehead atoms. The van der Waals surface area contributed by atoms with Gasteiger partial charge in [-0.2, -0.15) is 9.90 Å². The van der Waals surface area contributed by atoms with Gasteiger partial charge in [0.1, 0.15) is 6.33 Å². The number of aromatic amines is 1. The molecule has 0 radical (unpaired) electrons. The maximum Gasteiger partial charge on any atom is 0.305 e. The highest BCUT2D eigenvalue weighted by Crippen LogP contribution is 2.26. The van der Waals surface area contributed by atoms with Crippen LogP contribution < -0.4 is 0 Å². The molecule has 0 saturated heterocycles. The molecule has 1 atom stereocenters. The van der Waals surface area contributed by atoms with E-state index in [2.05, 4.69) is 43.1 Å². The Hall–Kier alpha value is -2.92. The normalized spacial score (nSPS) is 13.2. The zero-order valence-electron chi connectivity index (χ0n) is 14.8. The van der Waals surface area contributed by atoms with Gasteiger partial charge in [-0.05, 0) is 16.8 Å². The molecule has 0 saturated carbocycles. The number of ether oxygens (including phenoxy) is 2. The number of rotatable bonds is 11. The molecule has 1 N–H and O–H groups in total. The molecule has 2 heterocycles. The summed E-state index contributed by atoms with van der Waals surface area (Å²) < 4.78 is 12.1. The average Bonchev–Trinajstić information content (AvgIpc) is 3.28. The van der Waals surface area contributed by atoms with E-state index in [1.54, 1.807) is 0 Å². The smallest absolute Gasteiger partial charge is 0.305 e. The zero-order chi connectivity index (χ0) is 18.8. The van der Waals surface area contributed by atoms with E-state index < -0.39 is 11.7 Å². The lowest BCUT2D eigenvalue weighted by atomic mass is 10.1. The summed E-state index contributed by atoms with van der Waals surface area (Å²) in [7, 11) is 0. The van der Waals surface area contributed by atoms with Crippen LogP contribution in [-0.4, -0.2) is 59.4 Å². The van der Waals surface area contributed by atoms with Crippen molar-refractivity contribution >= 4 is 11.9 Å². The van der Waals surface area contributed by atoms with Crippen LogP contribution in [0.15, 0.2) is 6.33 Å². The van der Waals surface area contributed by atoms with Gasteiger partial charge in [0.15, 0.2) is 5.82 Å². The quantitative estimate of drug-likeness (QED) is 0.430. The number of tetrazole rings is 2. The molecule has 0 amide bonds. The molecule has 1 unspecified atom stereocenters. The fourth-order valence-electron chi connectivity index (χ4n) is 2.45. The molecule has 0 aliphatic heterocycles. The van der Waals surface area contributed by atoms with Crippen molar-refractivity contribution in [2.75, 3.05) is 6.61 Å². The second-order valence-corrected chi connectivity index (χ2v) is 5.73. The van der Waals surface area contributed by atoms with E-state index in [1.165, 1.54) is 17.9 Å². The van der Waals surface area contributed by atoms with Gasteiger partial charge in [-0.25, -0.2) is 0 Å². The summed E-state index contributed by atoms with van der Waals surface area (Å²) in [5.74, 6) is -0.541. The predicted octanol–water partition coefficient (Wildman–Crippen LogP) is 0.158. The number of unbranched alkanes of at least 4 members (excludes halogenated alkanes) is 2. The van der Waals surface area contributed by atoms with Crippen LogP contribution in [0.1, 0.15) is 51.8 Å². The van der Waals surface area contributed by atoms with Crippen molar-refractivity contribution in [1.29, 1.82) is 0 Å². The Balaban J connectivity index is 2.09. The third-order valence-corrected chi connectivity index (χ3v) is 3.66. The fraction of sp³-hybridized carbons (Fsp3) is 0.714. The van der Waals surface area contributed by atoms with E-state index in [-0.39, 0.29) is 25.4 Å². The summed E-state index contributed by atoms with van der Waals surface area (Å²) >= 11 is 0. The number of nitrogens with one attached hydrogen (secondary N) is 1. The van der Waals surface area contributed by atoms with Gasteiger partial charge >= 0.3 is 11.9 Å². The number of aromatic nitrogens is 8. The van der Waals surface area contributed by atoms with Gasteiger partial charge in [-0.15, -0.1) is 15.3 Å². The molecule has 12 nitrogen and oxygen atoms in total. The van der Waals surface area contributed by atoms with Crippen LogP contribution >= 0.6 is 0 Å². The maximum atomic E-state index is 11.8. The summed E-state index contributed by atoms with van der Waals surface area (Å²) in [5, 5.41) is 24.6. The largest absolute Gasteiger partial charge is 0.465 e. The summed E-state index contributed by atoms with van der Waals surface area (Å²) in [6.07, 6.45) is 4.62. The first-order valence-electron chi connectivity index (χ1n) is 8.37. The van der Waals surface area contributed by atoms with Gasteiger partial charge < -0.3 is 9.47 Å². The number of hydrogen-bond acceptors (Lipinski definition) is 10. The highest BCUT2D eigenvalue weighted by molar-refractivity contribution is 5.69. The van der Waals surface area contributed by atoms with Gasteiger partial charge in [0.05, 0.1) is 13.0 Å². The molecule has 12 heteroatoms. The van der Waals surface area contributed by atoms with Crippen LogP contribution in [0.4, 0.5) is 0 Å². The molecular formula is C14H22N8O4. The minimum Gasteiger partial charge on any atom is -0.465 e. The number of esters is 2. The third kappa shape index (κ3) is 5.57. The van der Waals surface area contributed by atoms with Crippen molar-refractivity contribution in [2.45, 2.75) is 58.1 Å². The summed E-state index contributed by atoms with van der Waals surface area (Å²) in [6, 6.07) is 0. The van der Waals surface area contributed by atoms with Gasteiger partial charge in [-0.1, -0.05) is 25.0 Å². The topological polar surface area (TPSA) is 151 Å². The Bertz CT molecular complexity index is 675. The van der Waals surface area contributed by atoms with Crippen LogP contribution in [-0.2, 0) is 31.2 Å². The first-order chi connectivity index (χ1) is 12.6. The van der Waals surface area contributed by atoms with Crippen molar-refractivity contribution in [3.05, 3.63) is 12.2 Å². The van der Waals surface area contributed by atoms with E-state index >= 15 is 0 Å². The number of nitrogens with zero attached hydrogens (tertiary/aromatic N) is 7. The molecule has 26 heavy (non-hydrogen) atoms. The second-order valence-electron chi connectivity index (χ2n) is 5.73. The molecule has 142 valence electrons. The number of carbonyl (C=O) groups excluding carboxylic acids is 2. The highest BCUT2D eigenvalue weighted by atomic mass is 16.6. The van der Waals surface area contributed by atoms with Gasteiger partial charge in [0, 0.05) is 19.8 Å².